The number of pyridine rings is 1. The second kappa shape index (κ2) is 7.04. The number of benzene rings is 2. The number of methoxy groups -OCH3 is 3. The third-order valence-electron chi connectivity index (χ3n) is 3.79. The molecule has 3 aromatic rings. The SMILES string of the molecule is COc1cc(/C=C\c2ccc3cccnc3c2)cc(OC)c1OC. The summed E-state index contributed by atoms with van der Waals surface area (Å²) in [6.07, 6.45) is 5.85. The van der Waals surface area contributed by atoms with Crippen molar-refractivity contribution >= 4 is 23.1 Å². The molecule has 122 valence electrons. The average molecular weight is 321 g/mol. The quantitative estimate of drug-likeness (QED) is 0.652. The maximum absolute atomic E-state index is 5.38. The van der Waals surface area contributed by atoms with Crippen molar-refractivity contribution in [2.75, 3.05) is 21.3 Å². The predicted octanol–water partition coefficient (Wildman–Crippen LogP) is 4.43. The molecule has 0 unspecified atom stereocenters. The summed E-state index contributed by atoms with van der Waals surface area (Å²) in [5.41, 5.74) is 3.02. The van der Waals surface area contributed by atoms with Gasteiger partial charge in [-0.1, -0.05) is 30.4 Å². The standard InChI is InChI=1S/C20H19NO3/c1-22-18-12-15(13-19(23-2)20(18)24-3)7-6-14-8-9-16-5-4-10-21-17(16)11-14/h4-13H,1-3H3/b7-6-. The van der Waals surface area contributed by atoms with Crippen LogP contribution in [0.1, 0.15) is 11.1 Å². The molecule has 0 radical (unpaired) electrons. The molecule has 1 heterocycles. The highest BCUT2D eigenvalue weighted by Crippen LogP contribution is 2.38. The van der Waals surface area contributed by atoms with Gasteiger partial charge in [-0.3, -0.25) is 4.98 Å². The molecule has 0 saturated heterocycles. The molecule has 0 aliphatic rings. The van der Waals surface area contributed by atoms with Crippen LogP contribution in [-0.2, 0) is 0 Å². The topological polar surface area (TPSA) is 40.6 Å². The molecule has 4 heteroatoms. The van der Waals surface area contributed by atoms with Crippen LogP contribution in [-0.4, -0.2) is 26.3 Å². The summed E-state index contributed by atoms with van der Waals surface area (Å²) < 4.78 is 16.1. The lowest BCUT2D eigenvalue weighted by molar-refractivity contribution is 0.324. The van der Waals surface area contributed by atoms with E-state index in [-0.39, 0.29) is 0 Å². The van der Waals surface area contributed by atoms with Gasteiger partial charge < -0.3 is 14.2 Å². The largest absolute Gasteiger partial charge is 0.493 e. The molecule has 0 fully saturated rings. The van der Waals surface area contributed by atoms with Crippen molar-refractivity contribution < 1.29 is 14.2 Å². The highest BCUT2D eigenvalue weighted by molar-refractivity contribution is 5.83. The zero-order valence-corrected chi connectivity index (χ0v) is 13.9. The van der Waals surface area contributed by atoms with Gasteiger partial charge in [-0.15, -0.1) is 0 Å². The zero-order chi connectivity index (χ0) is 16.9. The Hall–Kier alpha value is -3.01. The van der Waals surface area contributed by atoms with Crippen molar-refractivity contribution in [3.63, 3.8) is 0 Å². The summed E-state index contributed by atoms with van der Waals surface area (Å²) in [6, 6.07) is 14.0. The van der Waals surface area contributed by atoms with Crippen LogP contribution in [0.5, 0.6) is 17.2 Å². The summed E-state index contributed by atoms with van der Waals surface area (Å²) in [5.74, 6) is 1.86. The third kappa shape index (κ3) is 3.18. The Kier molecular flexibility index (Phi) is 4.66. The Labute approximate surface area is 141 Å². The fraction of sp³-hybridized carbons (Fsp3) is 0.150. The van der Waals surface area contributed by atoms with Gasteiger partial charge in [-0.25, -0.2) is 0 Å². The van der Waals surface area contributed by atoms with Gasteiger partial charge in [0.2, 0.25) is 5.75 Å². The minimum Gasteiger partial charge on any atom is -0.493 e. The molecular weight excluding hydrogens is 302 g/mol. The van der Waals surface area contributed by atoms with Crippen molar-refractivity contribution in [2.24, 2.45) is 0 Å². The van der Waals surface area contributed by atoms with E-state index in [4.69, 9.17) is 14.2 Å². The molecule has 0 N–H and O–H groups in total. The highest BCUT2D eigenvalue weighted by Gasteiger charge is 2.11. The van der Waals surface area contributed by atoms with E-state index < -0.39 is 0 Å². The van der Waals surface area contributed by atoms with E-state index >= 15 is 0 Å². The Balaban J connectivity index is 1.95. The molecule has 0 aliphatic heterocycles. The predicted molar refractivity (Wildman–Crippen MR) is 96.8 cm³/mol. The first-order chi connectivity index (χ1) is 11.7. The molecule has 0 bridgehead atoms. The fourth-order valence-electron chi connectivity index (χ4n) is 2.58. The second-order valence-electron chi connectivity index (χ2n) is 5.25. The summed E-state index contributed by atoms with van der Waals surface area (Å²) in [4.78, 5) is 4.38. The summed E-state index contributed by atoms with van der Waals surface area (Å²) >= 11 is 0. The van der Waals surface area contributed by atoms with Gasteiger partial charge in [0.05, 0.1) is 26.8 Å². The number of hydrogen-bond donors (Lipinski definition) is 0. The number of rotatable bonds is 5. The molecule has 3 rings (SSSR count). The average Bonchev–Trinajstić information content (AvgIpc) is 2.65. The van der Waals surface area contributed by atoms with Gasteiger partial charge in [-0.05, 0) is 35.4 Å². The lowest BCUT2D eigenvalue weighted by Crippen LogP contribution is -1.95. The minimum atomic E-state index is 0.590. The molecule has 0 spiro atoms. The molecule has 1 aromatic heterocycles. The first-order valence-electron chi connectivity index (χ1n) is 7.58. The van der Waals surface area contributed by atoms with E-state index in [9.17, 15) is 0 Å². The van der Waals surface area contributed by atoms with Crippen LogP contribution in [0.15, 0.2) is 48.7 Å². The number of aromatic nitrogens is 1. The van der Waals surface area contributed by atoms with E-state index in [0.717, 1.165) is 22.0 Å². The number of nitrogens with zero attached hydrogens (tertiary/aromatic N) is 1. The van der Waals surface area contributed by atoms with Gasteiger partial charge in [0.15, 0.2) is 11.5 Å². The van der Waals surface area contributed by atoms with Gasteiger partial charge in [0.1, 0.15) is 0 Å². The third-order valence-corrected chi connectivity index (χ3v) is 3.79. The van der Waals surface area contributed by atoms with Gasteiger partial charge >= 0.3 is 0 Å². The van der Waals surface area contributed by atoms with Crippen molar-refractivity contribution in [1.29, 1.82) is 0 Å². The minimum absolute atomic E-state index is 0.590. The van der Waals surface area contributed by atoms with E-state index in [2.05, 4.69) is 29.2 Å². The molecule has 24 heavy (non-hydrogen) atoms. The van der Waals surface area contributed by atoms with Crippen LogP contribution >= 0.6 is 0 Å². The van der Waals surface area contributed by atoms with Gasteiger partial charge in [0, 0.05) is 11.6 Å². The molecule has 0 aliphatic carbocycles. The van der Waals surface area contributed by atoms with Crippen molar-refractivity contribution in [3.8, 4) is 17.2 Å². The Morgan fingerprint density at radius 1 is 0.792 bits per heavy atom. The van der Waals surface area contributed by atoms with Crippen LogP contribution in [0.2, 0.25) is 0 Å². The van der Waals surface area contributed by atoms with Crippen LogP contribution in [0, 0.1) is 0 Å². The Morgan fingerprint density at radius 3 is 2.17 bits per heavy atom. The zero-order valence-electron chi connectivity index (χ0n) is 13.9. The number of ether oxygens (including phenoxy) is 3. The molecule has 0 saturated carbocycles. The molecule has 0 atom stereocenters. The van der Waals surface area contributed by atoms with Crippen molar-refractivity contribution in [3.05, 3.63) is 59.8 Å². The lowest BCUT2D eigenvalue weighted by Gasteiger charge is -2.12. The van der Waals surface area contributed by atoms with Crippen molar-refractivity contribution in [1.82, 2.24) is 4.98 Å². The maximum atomic E-state index is 5.38. The van der Waals surface area contributed by atoms with Crippen molar-refractivity contribution in [2.45, 2.75) is 0 Å². The normalized spacial score (nSPS) is 11.0. The molecular formula is C20H19NO3. The smallest absolute Gasteiger partial charge is 0.203 e. The summed E-state index contributed by atoms with van der Waals surface area (Å²) in [6.45, 7) is 0. The molecule has 0 amide bonds. The van der Waals surface area contributed by atoms with Gasteiger partial charge in [-0.2, -0.15) is 0 Å². The maximum Gasteiger partial charge on any atom is 0.203 e. The fourth-order valence-corrected chi connectivity index (χ4v) is 2.58. The van der Waals surface area contributed by atoms with E-state index in [1.807, 2.05) is 30.4 Å². The van der Waals surface area contributed by atoms with Crippen LogP contribution in [0.25, 0.3) is 23.1 Å². The van der Waals surface area contributed by atoms with Gasteiger partial charge in [0.25, 0.3) is 0 Å². The number of hydrogen-bond acceptors (Lipinski definition) is 4. The summed E-state index contributed by atoms with van der Waals surface area (Å²) in [7, 11) is 4.82. The van der Waals surface area contributed by atoms with Crippen LogP contribution in [0.3, 0.4) is 0 Å². The van der Waals surface area contributed by atoms with Crippen LogP contribution < -0.4 is 14.2 Å². The van der Waals surface area contributed by atoms with E-state index in [1.54, 1.807) is 27.5 Å². The van der Waals surface area contributed by atoms with E-state index in [1.165, 1.54) is 0 Å². The summed E-state index contributed by atoms with van der Waals surface area (Å²) in [5, 5.41) is 1.13. The lowest BCUT2D eigenvalue weighted by atomic mass is 10.1. The first-order valence-corrected chi connectivity index (χ1v) is 7.58. The molecule has 2 aromatic carbocycles. The monoisotopic (exact) mass is 321 g/mol. The number of fused-ring (bicyclic) bond motifs is 1. The molecule has 4 nitrogen and oxygen atoms in total. The Bertz CT molecular complexity index is 862. The van der Waals surface area contributed by atoms with E-state index in [0.29, 0.717) is 17.2 Å². The highest BCUT2D eigenvalue weighted by atomic mass is 16.5. The first kappa shape index (κ1) is 15.9. The van der Waals surface area contributed by atoms with Crippen LogP contribution in [0.4, 0.5) is 0 Å². The Morgan fingerprint density at radius 2 is 1.50 bits per heavy atom. The second-order valence-corrected chi connectivity index (χ2v) is 5.25.